The third kappa shape index (κ3) is 6.06. The van der Waals surface area contributed by atoms with E-state index < -0.39 is 12.2 Å². The lowest BCUT2D eigenvalue weighted by molar-refractivity contribution is 0.120. The molecule has 2 N–H and O–H groups in total. The van der Waals surface area contributed by atoms with Gasteiger partial charge < -0.3 is 14.8 Å². The lowest BCUT2D eigenvalue weighted by Gasteiger charge is -2.15. The number of benzene rings is 2. The van der Waals surface area contributed by atoms with Gasteiger partial charge in [0.1, 0.15) is 6.61 Å². The molecule has 0 fully saturated rings. The van der Waals surface area contributed by atoms with Gasteiger partial charge in [0, 0.05) is 9.50 Å². The molecule has 0 bridgehead atoms. The van der Waals surface area contributed by atoms with Gasteiger partial charge in [-0.15, -0.1) is 0 Å². The molecule has 0 atom stereocenters. The Balaban J connectivity index is 1.73. The number of ether oxygens (including phenoxy) is 2. The van der Waals surface area contributed by atoms with Crippen molar-refractivity contribution in [1.29, 1.82) is 0 Å². The third-order valence-electron chi connectivity index (χ3n) is 2.94. The first-order chi connectivity index (χ1) is 12.4. The molecular formula is C16H13BrCl2N2O5. The first kappa shape index (κ1) is 20.3. The summed E-state index contributed by atoms with van der Waals surface area (Å²) in [7, 11) is 0. The van der Waals surface area contributed by atoms with Crippen LogP contribution in [-0.4, -0.2) is 30.5 Å². The summed E-state index contributed by atoms with van der Waals surface area (Å²) in [6.07, 6.45) is -1.76. The van der Waals surface area contributed by atoms with Gasteiger partial charge in [0.15, 0.2) is 5.75 Å². The Bertz CT molecular complexity index is 789. The Morgan fingerprint density at radius 1 is 1.15 bits per heavy atom. The summed E-state index contributed by atoms with van der Waals surface area (Å²) in [5.74, 6) is 0.141. The average Bonchev–Trinajstić information content (AvgIpc) is 2.61. The van der Waals surface area contributed by atoms with Crippen LogP contribution in [-0.2, 0) is 4.74 Å². The SMILES string of the molecule is O=C(NCCOC(=O)N(O)c1ccc(Br)cc1)Oc1ccc(Cl)cc1Cl. The van der Waals surface area contributed by atoms with Crippen molar-refractivity contribution < 1.29 is 24.3 Å². The lowest BCUT2D eigenvalue weighted by atomic mass is 10.3. The van der Waals surface area contributed by atoms with Crippen molar-refractivity contribution in [1.82, 2.24) is 5.32 Å². The second kappa shape index (κ2) is 9.63. The normalized spacial score (nSPS) is 10.2. The Kier molecular flexibility index (Phi) is 7.52. The van der Waals surface area contributed by atoms with Gasteiger partial charge in [-0.3, -0.25) is 5.21 Å². The zero-order valence-corrected chi connectivity index (χ0v) is 16.2. The van der Waals surface area contributed by atoms with Crippen molar-refractivity contribution >= 4 is 57.0 Å². The molecule has 2 amide bonds. The van der Waals surface area contributed by atoms with Gasteiger partial charge in [-0.2, -0.15) is 5.06 Å². The van der Waals surface area contributed by atoms with Crippen molar-refractivity contribution in [3.05, 3.63) is 57.0 Å². The van der Waals surface area contributed by atoms with Crippen molar-refractivity contribution in [3.63, 3.8) is 0 Å². The second-order valence-corrected chi connectivity index (χ2v) is 6.55. The minimum Gasteiger partial charge on any atom is -0.446 e. The topological polar surface area (TPSA) is 88.1 Å². The molecule has 0 aliphatic carbocycles. The van der Waals surface area contributed by atoms with Gasteiger partial charge in [-0.1, -0.05) is 39.1 Å². The van der Waals surface area contributed by atoms with E-state index in [0.29, 0.717) is 10.1 Å². The summed E-state index contributed by atoms with van der Waals surface area (Å²) in [6, 6.07) is 10.8. The maximum absolute atomic E-state index is 11.7. The number of halogens is 3. The Morgan fingerprint density at radius 3 is 2.50 bits per heavy atom. The highest BCUT2D eigenvalue weighted by molar-refractivity contribution is 9.10. The standard InChI is InChI=1S/C16H13BrCl2N2O5/c17-10-1-4-12(5-2-10)21(24)16(23)25-8-7-20-15(22)26-14-6-3-11(18)9-13(14)19/h1-6,9,24H,7-8H2,(H,20,22). The number of amides is 2. The second-order valence-electron chi connectivity index (χ2n) is 4.79. The summed E-state index contributed by atoms with van der Waals surface area (Å²) in [5, 5.41) is 13.1. The summed E-state index contributed by atoms with van der Waals surface area (Å²) >= 11 is 14.9. The van der Waals surface area contributed by atoms with E-state index in [2.05, 4.69) is 21.2 Å². The maximum atomic E-state index is 11.7. The monoisotopic (exact) mass is 462 g/mol. The van der Waals surface area contributed by atoms with E-state index in [1.807, 2.05) is 0 Å². The van der Waals surface area contributed by atoms with Crippen LogP contribution in [0.3, 0.4) is 0 Å². The number of hydrogen-bond donors (Lipinski definition) is 2. The van der Waals surface area contributed by atoms with Crippen LogP contribution in [0.5, 0.6) is 5.75 Å². The van der Waals surface area contributed by atoms with Gasteiger partial charge in [0.2, 0.25) is 0 Å². The van der Waals surface area contributed by atoms with E-state index >= 15 is 0 Å². The highest BCUT2D eigenvalue weighted by Crippen LogP contribution is 2.27. The summed E-state index contributed by atoms with van der Waals surface area (Å²) in [4.78, 5) is 23.4. The fraction of sp³-hybridized carbons (Fsp3) is 0.125. The average molecular weight is 464 g/mol. The van der Waals surface area contributed by atoms with Crippen LogP contribution >= 0.6 is 39.1 Å². The van der Waals surface area contributed by atoms with E-state index in [4.69, 9.17) is 32.7 Å². The lowest BCUT2D eigenvalue weighted by Crippen LogP contribution is -2.33. The Hall–Kier alpha value is -2.00. The maximum Gasteiger partial charge on any atom is 0.438 e. The van der Waals surface area contributed by atoms with Crippen molar-refractivity contribution in [2.45, 2.75) is 0 Å². The molecule has 0 unspecified atom stereocenters. The third-order valence-corrected chi connectivity index (χ3v) is 4.00. The molecule has 7 nitrogen and oxygen atoms in total. The number of nitrogens with one attached hydrogen (secondary N) is 1. The molecule has 0 spiro atoms. The molecule has 0 aliphatic rings. The summed E-state index contributed by atoms with van der Waals surface area (Å²) < 4.78 is 10.6. The predicted octanol–water partition coefficient (Wildman–Crippen LogP) is 4.88. The Morgan fingerprint density at radius 2 is 1.85 bits per heavy atom. The molecule has 2 aromatic rings. The summed E-state index contributed by atoms with van der Waals surface area (Å²) in [6.45, 7) is -0.195. The van der Waals surface area contributed by atoms with Crippen molar-refractivity contribution in [2.75, 3.05) is 18.2 Å². The first-order valence-electron chi connectivity index (χ1n) is 7.19. The molecule has 0 aromatic heterocycles. The number of hydroxylamine groups is 1. The molecule has 0 saturated carbocycles. The highest BCUT2D eigenvalue weighted by Gasteiger charge is 2.15. The number of carbonyl (C=O) groups is 2. The zero-order valence-electron chi connectivity index (χ0n) is 13.1. The smallest absolute Gasteiger partial charge is 0.438 e. The first-order valence-corrected chi connectivity index (χ1v) is 8.74. The number of anilines is 1. The van der Waals surface area contributed by atoms with E-state index in [-0.39, 0.29) is 29.6 Å². The fourth-order valence-corrected chi connectivity index (χ4v) is 2.45. The van der Waals surface area contributed by atoms with Gasteiger partial charge >= 0.3 is 12.2 Å². The van der Waals surface area contributed by atoms with E-state index in [1.165, 1.54) is 30.3 Å². The molecule has 2 aromatic carbocycles. The van der Waals surface area contributed by atoms with Gasteiger partial charge in [0.05, 0.1) is 17.3 Å². The molecular weight excluding hydrogens is 451 g/mol. The number of nitrogens with zero attached hydrogens (tertiary/aromatic N) is 1. The van der Waals surface area contributed by atoms with Crippen LogP contribution in [0, 0.1) is 0 Å². The molecule has 138 valence electrons. The molecule has 10 heteroatoms. The molecule has 0 radical (unpaired) electrons. The van der Waals surface area contributed by atoms with Crippen molar-refractivity contribution in [3.8, 4) is 5.75 Å². The van der Waals surface area contributed by atoms with E-state index in [0.717, 1.165) is 4.47 Å². The molecule has 2 rings (SSSR count). The van der Waals surface area contributed by atoms with Crippen LogP contribution < -0.4 is 15.1 Å². The zero-order chi connectivity index (χ0) is 19.1. The minimum absolute atomic E-state index is 0.0238. The quantitative estimate of drug-likeness (QED) is 0.375. The fourth-order valence-electron chi connectivity index (χ4n) is 1.73. The van der Waals surface area contributed by atoms with Crippen LogP contribution in [0.25, 0.3) is 0 Å². The predicted molar refractivity (Wildman–Crippen MR) is 100 cm³/mol. The van der Waals surface area contributed by atoms with E-state index in [1.54, 1.807) is 12.1 Å². The molecule has 26 heavy (non-hydrogen) atoms. The van der Waals surface area contributed by atoms with Crippen LogP contribution in [0.4, 0.5) is 15.3 Å². The molecule has 0 saturated heterocycles. The van der Waals surface area contributed by atoms with Crippen LogP contribution in [0.2, 0.25) is 10.0 Å². The number of rotatable bonds is 5. The van der Waals surface area contributed by atoms with Gasteiger partial charge in [-0.25, -0.2) is 9.59 Å². The van der Waals surface area contributed by atoms with Gasteiger partial charge in [-0.05, 0) is 42.5 Å². The largest absolute Gasteiger partial charge is 0.446 e. The van der Waals surface area contributed by atoms with Gasteiger partial charge in [0.25, 0.3) is 0 Å². The highest BCUT2D eigenvalue weighted by atomic mass is 79.9. The van der Waals surface area contributed by atoms with Crippen molar-refractivity contribution in [2.24, 2.45) is 0 Å². The summed E-state index contributed by atoms with van der Waals surface area (Å²) in [5.41, 5.74) is 0.239. The molecule has 0 aliphatic heterocycles. The van der Waals surface area contributed by atoms with E-state index in [9.17, 15) is 14.8 Å². The van der Waals surface area contributed by atoms with Crippen LogP contribution in [0.15, 0.2) is 46.9 Å². The number of hydrogen-bond acceptors (Lipinski definition) is 5. The minimum atomic E-state index is -0.983. The molecule has 0 heterocycles. The number of carbonyl (C=O) groups excluding carboxylic acids is 2. The Labute approximate surface area is 167 Å². The van der Waals surface area contributed by atoms with Crippen LogP contribution in [0.1, 0.15) is 0 Å².